The number of likely N-dealkylation sites (N-methyl/N-ethyl adjacent to an activating group) is 1. The lowest BCUT2D eigenvalue weighted by molar-refractivity contribution is -0.130. The van der Waals surface area contributed by atoms with E-state index >= 15 is 0 Å². The SMILES string of the molecule is CN1CCN(C(=O)CNC(=O)c2c[nH]c3ccccc3c2=O)Cc2ccccc21. The second-order valence-electron chi connectivity index (χ2n) is 7.13. The van der Waals surface area contributed by atoms with Crippen molar-refractivity contribution in [2.45, 2.75) is 6.54 Å². The molecule has 0 spiro atoms. The fraction of sp³-hybridized carbons (Fsp3) is 0.227. The number of hydrogen-bond acceptors (Lipinski definition) is 4. The molecule has 0 atom stereocenters. The number of nitrogens with one attached hydrogen (secondary N) is 2. The van der Waals surface area contributed by atoms with Crippen LogP contribution < -0.4 is 15.6 Å². The number of aromatic amines is 1. The van der Waals surface area contributed by atoms with Crippen LogP contribution in [0.15, 0.2) is 59.5 Å². The highest BCUT2D eigenvalue weighted by Crippen LogP contribution is 2.23. The summed E-state index contributed by atoms with van der Waals surface area (Å²) in [5, 5.41) is 3.04. The Morgan fingerprint density at radius 1 is 1.07 bits per heavy atom. The Morgan fingerprint density at radius 2 is 1.83 bits per heavy atom. The minimum Gasteiger partial charge on any atom is -0.373 e. The van der Waals surface area contributed by atoms with E-state index in [9.17, 15) is 14.4 Å². The summed E-state index contributed by atoms with van der Waals surface area (Å²) >= 11 is 0. The standard InChI is InChI=1S/C22H22N4O3/c1-25-10-11-26(14-15-6-2-5-9-19(15)25)20(27)13-24-22(29)17-12-23-18-8-4-3-7-16(18)21(17)28/h2-9,12H,10-11,13-14H2,1H3,(H,23,28)(H,24,29). The van der Waals surface area contributed by atoms with Gasteiger partial charge in [-0.15, -0.1) is 0 Å². The third-order valence-corrected chi connectivity index (χ3v) is 5.26. The Bertz CT molecular complexity index is 1140. The first kappa shape index (κ1) is 18.7. The maximum atomic E-state index is 12.7. The van der Waals surface area contributed by atoms with Crippen LogP contribution in [0.2, 0.25) is 0 Å². The Hall–Kier alpha value is -3.61. The molecule has 0 fully saturated rings. The van der Waals surface area contributed by atoms with E-state index in [0.717, 1.165) is 11.3 Å². The minimum absolute atomic E-state index is 0.00237. The van der Waals surface area contributed by atoms with E-state index in [4.69, 9.17) is 0 Å². The number of anilines is 1. The molecular weight excluding hydrogens is 368 g/mol. The fourth-order valence-electron chi connectivity index (χ4n) is 3.60. The van der Waals surface area contributed by atoms with E-state index in [2.05, 4.69) is 15.2 Å². The van der Waals surface area contributed by atoms with Crippen molar-refractivity contribution in [3.8, 4) is 0 Å². The molecule has 1 aliphatic rings. The van der Waals surface area contributed by atoms with Gasteiger partial charge >= 0.3 is 0 Å². The molecule has 1 aliphatic heterocycles. The number of amides is 2. The summed E-state index contributed by atoms with van der Waals surface area (Å²) in [7, 11) is 2.00. The Balaban J connectivity index is 1.45. The van der Waals surface area contributed by atoms with Gasteiger partial charge in [-0.2, -0.15) is 0 Å². The van der Waals surface area contributed by atoms with Crippen molar-refractivity contribution >= 4 is 28.4 Å². The highest BCUT2D eigenvalue weighted by Gasteiger charge is 2.22. The Kier molecular flexibility index (Phi) is 5.03. The van der Waals surface area contributed by atoms with Gasteiger partial charge in [-0.3, -0.25) is 14.4 Å². The van der Waals surface area contributed by atoms with Gasteiger partial charge in [-0.1, -0.05) is 30.3 Å². The zero-order chi connectivity index (χ0) is 20.4. The number of fused-ring (bicyclic) bond motifs is 2. The molecule has 2 N–H and O–H groups in total. The summed E-state index contributed by atoms with van der Waals surface area (Å²) in [5.74, 6) is -0.738. The van der Waals surface area contributed by atoms with E-state index in [1.807, 2.05) is 37.4 Å². The number of hydrogen-bond donors (Lipinski definition) is 2. The highest BCUT2D eigenvalue weighted by molar-refractivity contribution is 5.98. The summed E-state index contributed by atoms with van der Waals surface area (Å²) in [6.07, 6.45) is 1.39. The largest absolute Gasteiger partial charge is 0.373 e. The Labute approximate surface area is 167 Å². The highest BCUT2D eigenvalue weighted by atomic mass is 16.2. The maximum Gasteiger partial charge on any atom is 0.257 e. The molecule has 0 unspecified atom stereocenters. The smallest absolute Gasteiger partial charge is 0.257 e. The van der Waals surface area contributed by atoms with Crippen LogP contribution in [0.3, 0.4) is 0 Å². The van der Waals surface area contributed by atoms with Crippen LogP contribution in [-0.4, -0.2) is 48.4 Å². The summed E-state index contributed by atoms with van der Waals surface area (Å²) in [4.78, 5) is 44.6. The molecule has 4 rings (SSSR count). The molecule has 148 valence electrons. The minimum atomic E-state index is -0.558. The lowest BCUT2D eigenvalue weighted by Gasteiger charge is -2.21. The molecule has 2 heterocycles. The van der Waals surface area contributed by atoms with Gasteiger partial charge in [0.25, 0.3) is 5.91 Å². The van der Waals surface area contributed by atoms with Gasteiger partial charge in [-0.05, 0) is 23.8 Å². The molecule has 29 heavy (non-hydrogen) atoms. The predicted octanol–water partition coefficient (Wildman–Crippen LogP) is 1.74. The maximum absolute atomic E-state index is 12.7. The topological polar surface area (TPSA) is 85.5 Å². The monoisotopic (exact) mass is 390 g/mol. The van der Waals surface area contributed by atoms with Crippen LogP contribution in [0.5, 0.6) is 0 Å². The number of rotatable bonds is 3. The zero-order valence-corrected chi connectivity index (χ0v) is 16.1. The fourth-order valence-corrected chi connectivity index (χ4v) is 3.60. The molecule has 3 aromatic rings. The lowest BCUT2D eigenvalue weighted by atomic mass is 10.1. The average molecular weight is 390 g/mol. The summed E-state index contributed by atoms with van der Waals surface area (Å²) in [6, 6.07) is 15.0. The quantitative estimate of drug-likeness (QED) is 0.713. The van der Waals surface area contributed by atoms with Crippen molar-refractivity contribution in [2.75, 3.05) is 31.6 Å². The van der Waals surface area contributed by atoms with Crippen LogP contribution in [0, 0.1) is 0 Å². The first-order valence-electron chi connectivity index (χ1n) is 9.50. The summed E-state index contributed by atoms with van der Waals surface area (Å²) in [5.41, 5.74) is 2.48. The van der Waals surface area contributed by atoms with Crippen LogP contribution in [0.1, 0.15) is 15.9 Å². The lowest BCUT2D eigenvalue weighted by Crippen LogP contribution is -2.42. The van der Waals surface area contributed by atoms with Crippen LogP contribution in [-0.2, 0) is 11.3 Å². The van der Waals surface area contributed by atoms with Gasteiger partial charge in [0.1, 0.15) is 5.56 Å². The molecule has 2 amide bonds. The van der Waals surface area contributed by atoms with Crippen molar-refractivity contribution in [2.24, 2.45) is 0 Å². The van der Waals surface area contributed by atoms with Gasteiger partial charge in [-0.25, -0.2) is 0 Å². The van der Waals surface area contributed by atoms with Gasteiger partial charge in [0.05, 0.1) is 6.54 Å². The van der Waals surface area contributed by atoms with Crippen molar-refractivity contribution in [3.05, 3.63) is 76.1 Å². The van der Waals surface area contributed by atoms with E-state index in [0.29, 0.717) is 30.5 Å². The second kappa shape index (κ2) is 7.79. The van der Waals surface area contributed by atoms with Crippen LogP contribution >= 0.6 is 0 Å². The third kappa shape index (κ3) is 3.71. The molecule has 7 heteroatoms. The average Bonchev–Trinajstić information content (AvgIpc) is 2.91. The van der Waals surface area contributed by atoms with Gasteiger partial charge in [0.2, 0.25) is 11.3 Å². The molecule has 0 saturated carbocycles. The Morgan fingerprint density at radius 3 is 2.69 bits per heavy atom. The number of pyridine rings is 1. The number of benzene rings is 2. The summed E-state index contributed by atoms with van der Waals surface area (Å²) in [6.45, 7) is 1.61. The van der Waals surface area contributed by atoms with Gasteiger partial charge in [0.15, 0.2) is 0 Å². The van der Waals surface area contributed by atoms with Crippen molar-refractivity contribution < 1.29 is 9.59 Å². The first-order valence-corrected chi connectivity index (χ1v) is 9.50. The third-order valence-electron chi connectivity index (χ3n) is 5.26. The number of carbonyl (C=O) groups is 2. The van der Waals surface area contributed by atoms with E-state index in [1.54, 1.807) is 23.1 Å². The molecule has 0 aliphatic carbocycles. The molecule has 0 saturated heterocycles. The number of aromatic nitrogens is 1. The first-order chi connectivity index (χ1) is 14.0. The van der Waals surface area contributed by atoms with Crippen molar-refractivity contribution in [1.82, 2.24) is 15.2 Å². The number of carbonyl (C=O) groups excluding carboxylic acids is 2. The van der Waals surface area contributed by atoms with E-state index in [-0.39, 0.29) is 23.4 Å². The summed E-state index contributed by atoms with van der Waals surface area (Å²) < 4.78 is 0. The van der Waals surface area contributed by atoms with Crippen molar-refractivity contribution in [3.63, 3.8) is 0 Å². The van der Waals surface area contributed by atoms with Crippen LogP contribution in [0.25, 0.3) is 10.9 Å². The molecule has 0 radical (unpaired) electrons. The van der Waals surface area contributed by atoms with Crippen LogP contribution in [0.4, 0.5) is 5.69 Å². The molecular formula is C22H22N4O3. The number of para-hydroxylation sites is 2. The second-order valence-corrected chi connectivity index (χ2v) is 7.13. The van der Waals surface area contributed by atoms with E-state index < -0.39 is 5.91 Å². The molecule has 2 aromatic carbocycles. The van der Waals surface area contributed by atoms with Gasteiger partial charge < -0.3 is 20.1 Å². The molecule has 7 nitrogen and oxygen atoms in total. The van der Waals surface area contributed by atoms with Gasteiger partial charge in [0, 0.05) is 49.5 Å². The van der Waals surface area contributed by atoms with E-state index in [1.165, 1.54) is 6.20 Å². The normalized spacial score (nSPS) is 13.7. The molecule has 0 bridgehead atoms. The predicted molar refractivity (Wildman–Crippen MR) is 112 cm³/mol. The zero-order valence-electron chi connectivity index (χ0n) is 16.1. The molecule has 1 aromatic heterocycles. The number of nitrogens with zero attached hydrogens (tertiary/aromatic N) is 2. The number of H-pyrrole nitrogens is 1. The van der Waals surface area contributed by atoms with Crippen molar-refractivity contribution in [1.29, 1.82) is 0 Å².